The molecular weight excluding hydrogens is 352 g/mol. The monoisotopic (exact) mass is 376 g/mol. The fourth-order valence-electron chi connectivity index (χ4n) is 2.62. The largest absolute Gasteiger partial charge is 0.467 e. The van der Waals surface area contributed by atoms with Gasteiger partial charge in [0.15, 0.2) is 0 Å². The van der Waals surface area contributed by atoms with Crippen molar-refractivity contribution in [2.75, 3.05) is 7.11 Å². The van der Waals surface area contributed by atoms with Crippen LogP contribution in [-0.2, 0) is 20.7 Å². The minimum atomic E-state index is -0.745. The van der Waals surface area contributed by atoms with E-state index >= 15 is 0 Å². The Kier molecular flexibility index (Phi) is 8.82. The molecule has 0 bridgehead atoms. The lowest BCUT2D eigenvalue weighted by atomic mass is 9.94. The van der Waals surface area contributed by atoms with E-state index in [-0.39, 0.29) is 18.3 Å². The summed E-state index contributed by atoms with van der Waals surface area (Å²) in [4.78, 5) is 24.6. The summed E-state index contributed by atoms with van der Waals surface area (Å²) >= 11 is 0. The number of ether oxygens (including phenoxy) is 1. The van der Waals surface area contributed by atoms with Crippen LogP contribution in [0.1, 0.15) is 24.1 Å². The van der Waals surface area contributed by atoms with Gasteiger partial charge in [0.05, 0.1) is 13.0 Å². The van der Waals surface area contributed by atoms with Crippen LogP contribution in [0.4, 0.5) is 0 Å². The third-order valence-electron chi connectivity index (χ3n) is 4.22. The van der Waals surface area contributed by atoms with Gasteiger partial charge in [-0.2, -0.15) is 0 Å². The van der Waals surface area contributed by atoms with Crippen LogP contribution in [0.5, 0.6) is 0 Å². The lowest BCUT2D eigenvalue weighted by Crippen LogP contribution is -2.46. The molecule has 26 heavy (non-hydrogen) atoms. The highest BCUT2D eigenvalue weighted by molar-refractivity contribution is 5.86. The Hall–Kier alpha value is -2.37. The van der Waals surface area contributed by atoms with E-state index in [1.807, 2.05) is 60.7 Å². The fraction of sp³-hybridized carbons (Fsp3) is 0.300. The van der Waals surface area contributed by atoms with Crippen LogP contribution in [0.2, 0.25) is 0 Å². The van der Waals surface area contributed by atoms with Crippen LogP contribution in [0.25, 0.3) is 0 Å². The van der Waals surface area contributed by atoms with Crippen molar-refractivity contribution in [3.05, 3.63) is 71.8 Å². The van der Waals surface area contributed by atoms with Crippen molar-refractivity contribution in [2.45, 2.75) is 25.4 Å². The number of halogens is 1. The van der Waals surface area contributed by atoms with E-state index in [0.717, 1.165) is 11.1 Å². The number of hydrogen-bond acceptors (Lipinski definition) is 4. The van der Waals surface area contributed by atoms with E-state index in [9.17, 15) is 9.59 Å². The smallest absolute Gasteiger partial charge is 0.328 e. The molecule has 0 heterocycles. The van der Waals surface area contributed by atoms with Crippen LogP contribution in [0, 0.1) is 5.92 Å². The Balaban J connectivity index is 0.00000338. The van der Waals surface area contributed by atoms with Crippen molar-refractivity contribution >= 4 is 24.3 Å². The molecular formula is C20H25ClN2O3. The van der Waals surface area contributed by atoms with Gasteiger partial charge in [-0.25, -0.2) is 4.79 Å². The summed E-state index contributed by atoms with van der Waals surface area (Å²) in [6, 6.07) is 17.7. The van der Waals surface area contributed by atoms with Crippen LogP contribution >= 0.6 is 12.4 Å². The number of carbonyl (C=O) groups excluding carboxylic acids is 2. The Morgan fingerprint density at radius 1 is 1.04 bits per heavy atom. The summed E-state index contributed by atoms with van der Waals surface area (Å²) in [6.07, 6.45) is 0.368. The number of benzene rings is 2. The maximum absolute atomic E-state index is 12.6. The first-order chi connectivity index (χ1) is 12.0. The molecule has 0 aliphatic heterocycles. The highest BCUT2D eigenvalue weighted by Crippen LogP contribution is 2.19. The molecule has 5 nitrogen and oxygen atoms in total. The molecule has 0 spiro atoms. The lowest BCUT2D eigenvalue weighted by molar-refractivity contribution is -0.145. The number of nitrogens with one attached hydrogen (secondary N) is 1. The van der Waals surface area contributed by atoms with Gasteiger partial charge in [0.25, 0.3) is 0 Å². The van der Waals surface area contributed by atoms with E-state index in [4.69, 9.17) is 10.5 Å². The van der Waals surface area contributed by atoms with E-state index in [0.29, 0.717) is 6.42 Å². The zero-order valence-electron chi connectivity index (χ0n) is 14.9. The van der Waals surface area contributed by atoms with Gasteiger partial charge in [0, 0.05) is 12.5 Å². The van der Waals surface area contributed by atoms with Crippen LogP contribution in [0.3, 0.4) is 0 Å². The van der Waals surface area contributed by atoms with Gasteiger partial charge in [-0.15, -0.1) is 12.4 Å². The number of esters is 1. The average molecular weight is 377 g/mol. The molecule has 3 atom stereocenters. The number of hydrogen-bond donors (Lipinski definition) is 2. The van der Waals surface area contributed by atoms with Gasteiger partial charge < -0.3 is 15.8 Å². The van der Waals surface area contributed by atoms with Crippen LogP contribution in [-0.4, -0.2) is 25.0 Å². The third-order valence-corrected chi connectivity index (χ3v) is 4.22. The van der Waals surface area contributed by atoms with Gasteiger partial charge >= 0.3 is 5.97 Å². The quantitative estimate of drug-likeness (QED) is 0.728. The summed E-state index contributed by atoms with van der Waals surface area (Å²) < 4.78 is 4.83. The molecule has 0 aromatic heterocycles. The summed E-state index contributed by atoms with van der Waals surface area (Å²) in [6.45, 7) is 1.75. The van der Waals surface area contributed by atoms with Crippen molar-refractivity contribution in [1.82, 2.24) is 5.32 Å². The van der Waals surface area contributed by atoms with Crippen molar-refractivity contribution < 1.29 is 14.3 Å². The Morgan fingerprint density at radius 3 is 2.12 bits per heavy atom. The predicted molar refractivity (Wildman–Crippen MR) is 104 cm³/mol. The molecule has 2 aromatic rings. The van der Waals surface area contributed by atoms with Gasteiger partial charge in [-0.3, -0.25) is 4.79 Å². The molecule has 2 aromatic carbocycles. The number of methoxy groups -OCH3 is 1. The molecule has 6 heteroatoms. The highest BCUT2D eigenvalue weighted by Gasteiger charge is 2.27. The van der Waals surface area contributed by atoms with Gasteiger partial charge in [0.1, 0.15) is 6.04 Å². The van der Waals surface area contributed by atoms with E-state index in [1.165, 1.54) is 7.11 Å². The molecule has 0 aliphatic rings. The van der Waals surface area contributed by atoms with Crippen LogP contribution in [0.15, 0.2) is 60.7 Å². The second kappa shape index (κ2) is 10.6. The van der Waals surface area contributed by atoms with Crippen molar-refractivity contribution in [2.24, 2.45) is 11.7 Å². The molecule has 0 saturated carbocycles. The zero-order chi connectivity index (χ0) is 18.2. The van der Waals surface area contributed by atoms with E-state index in [2.05, 4.69) is 5.32 Å². The third kappa shape index (κ3) is 5.86. The molecule has 0 radical (unpaired) electrons. The molecule has 2 rings (SSSR count). The Morgan fingerprint density at radius 2 is 1.58 bits per heavy atom. The standard InChI is InChI=1S/C20H24N2O3.ClH/c1-14(18(21)16-11-7-4-8-12-16)19(23)22-17(20(24)25-2)13-15-9-5-3-6-10-15;/h3-12,14,17-18H,13,21H2,1-2H3,(H,22,23);1H. The van der Waals surface area contributed by atoms with Crippen molar-refractivity contribution in [1.29, 1.82) is 0 Å². The maximum Gasteiger partial charge on any atom is 0.328 e. The van der Waals surface area contributed by atoms with Gasteiger partial charge in [0.2, 0.25) is 5.91 Å². The molecule has 0 aliphatic carbocycles. The SMILES string of the molecule is COC(=O)C(Cc1ccccc1)NC(=O)C(C)C(N)c1ccccc1.Cl. The molecule has 140 valence electrons. The second-order valence-electron chi connectivity index (χ2n) is 6.00. The molecule has 1 amide bonds. The van der Waals surface area contributed by atoms with Crippen molar-refractivity contribution in [3.63, 3.8) is 0 Å². The van der Waals surface area contributed by atoms with E-state index in [1.54, 1.807) is 6.92 Å². The van der Waals surface area contributed by atoms with Gasteiger partial charge in [-0.05, 0) is 11.1 Å². The van der Waals surface area contributed by atoms with Gasteiger partial charge in [-0.1, -0.05) is 67.6 Å². The minimum absolute atomic E-state index is 0. The second-order valence-corrected chi connectivity index (χ2v) is 6.00. The molecule has 3 N–H and O–H groups in total. The van der Waals surface area contributed by atoms with Crippen LogP contribution < -0.4 is 11.1 Å². The Labute approximate surface area is 160 Å². The summed E-state index contributed by atoms with van der Waals surface area (Å²) in [5.41, 5.74) is 8.02. The predicted octanol–water partition coefficient (Wildman–Crippen LogP) is 2.64. The lowest BCUT2D eigenvalue weighted by Gasteiger charge is -2.23. The summed E-state index contributed by atoms with van der Waals surface area (Å²) in [7, 11) is 1.31. The maximum atomic E-state index is 12.6. The number of carbonyl (C=O) groups is 2. The summed E-state index contributed by atoms with van der Waals surface area (Å²) in [5.74, 6) is -1.23. The normalized spacial score (nSPS) is 13.7. The molecule has 0 saturated heterocycles. The first kappa shape index (κ1) is 21.7. The number of amides is 1. The minimum Gasteiger partial charge on any atom is -0.467 e. The number of nitrogens with two attached hydrogens (primary N) is 1. The number of rotatable bonds is 7. The molecule has 0 fully saturated rings. The van der Waals surface area contributed by atoms with E-state index < -0.39 is 24.0 Å². The zero-order valence-corrected chi connectivity index (χ0v) is 15.7. The fourth-order valence-corrected chi connectivity index (χ4v) is 2.62. The first-order valence-electron chi connectivity index (χ1n) is 8.25. The molecule has 3 unspecified atom stereocenters. The topological polar surface area (TPSA) is 81.4 Å². The summed E-state index contributed by atoms with van der Waals surface area (Å²) in [5, 5.41) is 2.77. The Bertz CT molecular complexity index is 695. The average Bonchev–Trinajstić information content (AvgIpc) is 2.67. The van der Waals surface area contributed by atoms with Crippen molar-refractivity contribution in [3.8, 4) is 0 Å². The highest BCUT2D eigenvalue weighted by atomic mass is 35.5. The first-order valence-corrected chi connectivity index (χ1v) is 8.25.